The Balaban J connectivity index is 2.08. The van der Waals surface area contributed by atoms with Crippen LogP contribution in [-0.4, -0.2) is 32.4 Å². The van der Waals surface area contributed by atoms with Crippen LogP contribution in [0, 0.1) is 0 Å². The predicted octanol–water partition coefficient (Wildman–Crippen LogP) is 3.89. The predicted molar refractivity (Wildman–Crippen MR) is 98.0 cm³/mol. The van der Waals surface area contributed by atoms with Crippen molar-refractivity contribution >= 4 is 44.8 Å². The normalized spacial score (nSPS) is 14.3. The van der Waals surface area contributed by atoms with Crippen LogP contribution in [0.4, 0.5) is 5.69 Å². The molecule has 0 bridgehead atoms. The number of fused-ring (bicyclic) bond motifs is 1. The average molecular weight is 382 g/mol. The Kier molecular flexibility index (Phi) is 4.90. The van der Waals surface area contributed by atoms with E-state index in [4.69, 9.17) is 11.6 Å². The maximum absolute atomic E-state index is 13.1. The number of amides is 1. The van der Waals surface area contributed by atoms with Crippen LogP contribution in [0.5, 0.6) is 0 Å². The van der Waals surface area contributed by atoms with Crippen molar-refractivity contribution in [3.05, 3.63) is 53.1 Å². The molecule has 1 heterocycles. The third-order valence-electron chi connectivity index (χ3n) is 3.86. The molecule has 0 aromatic heterocycles. The molecule has 0 N–H and O–H groups in total. The number of thioether (sulfide) groups is 1. The highest BCUT2D eigenvalue weighted by Gasteiger charge is 2.28. The van der Waals surface area contributed by atoms with Gasteiger partial charge in [-0.3, -0.25) is 4.79 Å². The highest BCUT2D eigenvalue weighted by atomic mass is 35.5. The zero-order valence-corrected chi connectivity index (χ0v) is 15.4. The molecular formula is C17H16ClNO3S2. The fraction of sp³-hybridized carbons (Fsp3) is 0.235. The highest BCUT2D eigenvalue weighted by Crippen LogP contribution is 2.37. The van der Waals surface area contributed by atoms with Crippen LogP contribution in [-0.2, 0) is 9.84 Å². The molecule has 0 radical (unpaired) electrons. The number of hydrogen-bond donors (Lipinski definition) is 0. The second kappa shape index (κ2) is 6.78. The summed E-state index contributed by atoms with van der Waals surface area (Å²) in [5, 5.41) is 0.545. The van der Waals surface area contributed by atoms with Crippen LogP contribution in [0.2, 0.25) is 5.02 Å². The first-order chi connectivity index (χ1) is 11.4. The van der Waals surface area contributed by atoms with E-state index in [1.54, 1.807) is 53.9 Å². The maximum Gasteiger partial charge on any atom is 0.259 e. The third kappa shape index (κ3) is 3.18. The minimum Gasteiger partial charge on any atom is -0.306 e. The standard InChI is InChI=1S/C17H16ClNO3S2/c1-2-24(21,22)16-6-4-3-5-13(16)17(20)19-9-10-23-15-8-7-12(18)11-14(15)19/h3-8,11H,2,9-10H2,1H3. The van der Waals surface area contributed by atoms with Gasteiger partial charge >= 0.3 is 0 Å². The monoisotopic (exact) mass is 381 g/mol. The van der Waals surface area contributed by atoms with Crippen LogP contribution >= 0.6 is 23.4 Å². The number of carbonyl (C=O) groups excluding carboxylic acids is 1. The second-order valence-electron chi connectivity index (χ2n) is 5.32. The lowest BCUT2D eigenvalue weighted by atomic mass is 10.1. The van der Waals surface area contributed by atoms with E-state index in [9.17, 15) is 13.2 Å². The van der Waals surface area contributed by atoms with E-state index in [0.717, 1.165) is 16.3 Å². The van der Waals surface area contributed by atoms with Crippen LogP contribution < -0.4 is 4.90 Å². The van der Waals surface area contributed by atoms with Crippen molar-refractivity contribution in [3.63, 3.8) is 0 Å². The van der Waals surface area contributed by atoms with Gasteiger partial charge < -0.3 is 4.90 Å². The Morgan fingerprint density at radius 3 is 2.75 bits per heavy atom. The maximum atomic E-state index is 13.1. The van der Waals surface area contributed by atoms with E-state index in [0.29, 0.717) is 11.6 Å². The molecule has 24 heavy (non-hydrogen) atoms. The van der Waals surface area contributed by atoms with Crippen LogP contribution in [0.15, 0.2) is 52.3 Å². The Morgan fingerprint density at radius 2 is 2.00 bits per heavy atom. The summed E-state index contributed by atoms with van der Waals surface area (Å²) in [6.07, 6.45) is 0. The molecule has 7 heteroatoms. The fourth-order valence-corrected chi connectivity index (χ4v) is 4.85. The molecule has 2 aromatic carbocycles. The van der Waals surface area contributed by atoms with Crippen molar-refractivity contribution in [3.8, 4) is 0 Å². The molecule has 1 aliphatic heterocycles. The largest absolute Gasteiger partial charge is 0.306 e. The quantitative estimate of drug-likeness (QED) is 0.809. The molecule has 3 rings (SSSR count). The molecule has 0 saturated carbocycles. The summed E-state index contributed by atoms with van der Waals surface area (Å²) < 4.78 is 24.6. The number of benzene rings is 2. The van der Waals surface area contributed by atoms with Crippen molar-refractivity contribution in [1.29, 1.82) is 0 Å². The SMILES string of the molecule is CCS(=O)(=O)c1ccccc1C(=O)N1CCSc2ccc(Cl)cc21. The molecule has 0 unspecified atom stereocenters. The molecule has 126 valence electrons. The van der Waals surface area contributed by atoms with Gasteiger partial charge in [-0.25, -0.2) is 8.42 Å². The molecule has 1 aliphatic rings. The summed E-state index contributed by atoms with van der Waals surface area (Å²) in [5.41, 5.74) is 0.935. The van der Waals surface area contributed by atoms with E-state index < -0.39 is 9.84 Å². The van der Waals surface area contributed by atoms with Crippen molar-refractivity contribution < 1.29 is 13.2 Å². The first-order valence-corrected chi connectivity index (χ1v) is 10.5. The molecule has 0 aliphatic carbocycles. The Labute approximate surface area is 150 Å². The van der Waals surface area contributed by atoms with Crippen LogP contribution in [0.1, 0.15) is 17.3 Å². The van der Waals surface area contributed by atoms with Gasteiger partial charge in [0.05, 0.1) is 21.9 Å². The highest BCUT2D eigenvalue weighted by molar-refractivity contribution is 7.99. The Bertz CT molecular complexity index is 896. The topological polar surface area (TPSA) is 54.5 Å². The summed E-state index contributed by atoms with van der Waals surface area (Å²) in [6, 6.07) is 11.8. The molecule has 0 saturated heterocycles. The first kappa shape index (κ1) is 17.3. The van der Waals surface area contributed by atoms with Gasteiger partial charge in [0.25, 0.3) is 5.91 Å². The van der Waals surface area contributed by atoms with Gasteiger partial charge in [0.2, 0.25) is 0 Å². The van der Waals surface area contributed by atoms with Gasteiger partial charge in [-0.2, -0.15) is 0 Å². The Morgan fingerprint density at radius 1 is 1.25 bits per heavy atom. The van der Waals surface area contributed by atoms with E-state index >= 15 is 0 Å². The number of sulfone groups is 1. The third-order valence-corrected chi connectivity index (χ3v) is 6.93. The lowest BCUT2D eigenvalue weighted by Gasteiger charge is -2.29. The first-order valence-electron chi connectivity index (χ1n) is 7.50. The number of nitrogens with zero attached hydrogens (tertiary/aromatic N) is 1. The number of anilines is 1. The zero-order chi connectivity index (χ0) is 17.3. The van der Waals surface area contributed by atoms with Crippen LogP contribution in [0.3, 0.4) is 0 Å². The van der Waals surface area contributed by atoms with Gasteiger partial charge in [-0.1, -0.05) is 30.7 Å². The van der Waals surface area contributed by atoms with Crippen molar-refractivity contribution in [2.75, 3.05) is 23.0 Å². The summed E-state index contributed by atoms with van der Waals surface area (Å²) in [4.78, 5) is 15.7. The second-order valence-corrected chi connectivity index (χ2v) is 9.14. The smallest absolute Gasteiger partial charge is 0.259 e. The number of carbonyl (C=O) groups is 1. The summed E-state index contributed by atoms with van der Waals surface area (Å²) in [5.74, 6) is 0.393. The van der Waals surface area contributed by atoms with Gasteiger partial charge in [-0.05, 0) is 30.3 Å². The lowest BCUT2D eigenvalue weighted by Crippen LogP contribution is -2.36. The molecule has 0 spiro atoms. The minimum atomic E-state index is -3.48. The van der Waals surface area contributed by atoms with Crippen molar-refractivity contribution in [2.24, 2.45) is 0 Å². The molecule has 1 amide bonds. The van der Waals surface area contributed by atoms with Gasteiger partial charge in [0.1, 0.15) is 0 Å². The van der Waals surface area contributed by atoms with Crippen molar-refractivity contribution in [1.82, 2.24) is 0 Å². The van der Waals surface area contributed by atoms with E-state index in [-0.39, 0.29) is 22.1 Å². The number of halogens is 1. The van der Waals surface area contributed by atoms with E-state index in [1.165, 1.54) is 6.07 Å². The van der Waals surface area contributed by atoms with Crippen molar-refractivity contribution in [2.45, 2.75) is 16.7 Å². The van der Waals surface area contributed by atoms with E-state index in [1.807, 2.05) is 6.07 Å². The average Bonchev–Trinajstić information content (AvgIpc) is 2.60. The number of hydrogen-bond acceptors (Lipinski definition) is 4. The number of rotatable bonds is 3. The summed E-state index contributed by atoms with van der Waals surface area (Å²) in [7, 11) is -3.48. The van der Waals surface area contributed by atoms with Gasteiger partial charge in [-0.15, -0.1) is 11.8 Å². The summed E-state index contributed by atoms with van der Waals surface area (Å²) >= 11 is 7.73. The molecule has 4 nitrogen and oxygen atoms in total. The molecule has 0 fully saturated rings. The Hall–Kier alpha value is -1.50. The molecular weight excluding hydrogens is 366 g/mol. The zero-order valence-electron chi connectivity index (χ0n) is 13.0. The van der Waals surface area contributed by atoms with Gasteiger partial charge in [0.15, 0.2) is 9.84 Å². The molecule has 2 aromatic rings. The fourth-order valence-electron chi connectivity index (χ4n) is 2.62. The summed E-state index contributed by atoms with van der Waals surface area (Å²) in [6.45, 7) is 2.08. The molecule has 0 atom stereocenters. The van der Waals surface area contributed by atoms with Gasteiger partial charge in [0, 0.05) is 22.2 Å². The lowest BCUT2D eigenvalue weighted by molar-refractivity contribution is 0.0984. The van der Waals surface area contributed by atoms with E-state index in [2.05, 4.69) is 0 Å². The minimum absolute atomic E-state index is 0.0461. The van der Waals surface area contributed by atoms with Crippen LogP contribution in [0.25, 0.3) is 0 Å².